The van der Waals surface area contributed by atoms with Crippen molar-refractivity contribution < 1.29 is 14.4 Å². The van der Waals surface area contributed by atoms with Gasteiger partial charge < -0.3 is 9.63 Å². The average molecular weight is 488 g/mol. The first-order chi connectivity index (χ1) is 17.7. The smallest absolute Gasteiger partial charge is 0.304 e. The molecule has 190 valence electrons. The van der Waals surface area contributed by atoms with Crippen molar-refractivity contribution in [3.05, 3.63) is 83.5 Å². The fraction of sp³-hybridized carbons (Fsp3) is 0.500. The van der Waals surface area contributed by atoms with E-state index in [0.29, 0.717) is 11.7 Å². The molecular formula is C30H37N3O3. The molecule has 1 aliphatic heterocycles. The number of carboxylic acid groups (broad SMARTS) is 1. The third kappa shape index (κ3) is 6.04. The lowest BCUT2D eigenvalue weighted by atomic mass is 9.84. The summed E-state index contributed by atoms with van der Waals surface area (Å²) in [4.78, 5) is 18.7. The molecule has 0 spiro atoms. The van der Waals surface area contributed by atoms with Crippen molar-refractivity contribution in [1.29, 1.82) is 0 Å². The van der Waals surface area contributed by atoms with E-state index in [1.54, 1.807) is 0 Å². The quantitative estimate of drug-likeness (QED) is 0.330. The molecule has 0 unspecified atom stereocenters. The fourth-order valence-corrected chi connectivity index (χ4v) is 6.00. The van der Waals surface area contributed by atoms with E-state index in [1.807, 2.05) is 12.1 Å². The van der Waals surface area contributed by atoms with Gasteiger partial charge in [-0.15, -0.1) is 0 Å². The van der Waals surface area contributed by atoms with Crippen LogP contribution in [0.15, 0.2) is 65.2 Å². The number of nitrogens with zero attached hydrogens (tertiary/aromatic N) is 3. The normalized spacial score (nSPS) is 18.2. The molecule has 6 heteroatoms. The number of aromatic nitrogens is 2. The molecule has 1 aliphatic carbocycles. The molecule has 1 atom stereocenters. The second-order valence-corrected chi connectivity index (χ2v) is 10.6. The summed E-state index contributed by atoms with van der Waals surface area (Å²) in [6, 6.07) is 21.4. The Bertz CT molecular complexity index is 1050. The van der Waals surface area contributed by atoms with Crippen LogP contribution in [0.25, 0.3) is 0 Å². The maximum atomic E-state index is 11.5. The number of hydrogen-bond donors (Lipinski definition) is 1. The highest BCUT2D eigenvalue weighted by atomic mass is 16.5. The van der Waals surface area contributed by atoms with Crippen LogP contribution in [0.5, 0.6) is 0 Å². The maximum Gasteiger partial charge on any atom is 0.304 e. The number of carboxylic acids is 1. The molecule has 2 aliphatic rings. The van der Waals surface area contributed by atoms with Crippen molar-refractivity contribution in [2.24, 2.45) is 5.92 Å². The molecule has 0 radical (unpaired) electrons. The van der Waals surface area contributed by atoms with Crippen LogP contribution in [-0.2, 0) is 4.79 Å². The van der Waals surface area contributed by atoms with E-state index in [1.165, 1.54) is 49.7 Å². The van der Waals surface area contributed by atoms with Crippen molar-refractivity contribution in [3.63, 3.8) is 0 Å². The van der Waals surface area contributed by atoms with Gasteiger partial charge in [0.15, 0.2) is 5.82 Å². The van der Waals surface area contributed by atoms with Crippen molar-refractivity contribution in [2.75, 3.05) is 13.1 Å². The Morgan fingerprint density at radius 2 is 1.61 bits per heavy atom. The van der Waals surface area contributed by atoms with Crippen LogP contribution < -0.4 is 0 Å². The highest BCUT2D eigenvalue weighted by Gasteiger charge is 2.38. The molecule has 6 nitrogen and oxygen atoms in total. The predicted octanol–water partition coefficient (Wildman–Crippen LogP) is 6.57. The molecule has 1 saturated carbocycles. The Balaban J connectivity index is 1.22. The Morgan fingerprint density at radius 3 is 2.22 bits per heavy atom. The molecule has 5 rings (SSSR count). The largest absolute Gasteiger partial charge is 0.481 e. The molecule has 1 N–H and O–H groups in total. The average Bonchev–Trinajstić information content (AvgIpc) is 3.36. The summed E-state index contributed by atoms with van der Waals surface area (Å²) in [5.41, 5.74) is 2.55. The summed E-state index contributed by atoms with van der Waals surface area (Å²) in [5.74, 6) is 1.20. The fourth-order valence-electron chi connectivity index (χ4n) is 6.00. The van der Waals surface area contributed by atoms with E-state index in [0.717, 1.165) is 31.8 Å². The van der Waals surface area contributed by atoms with Gasteiger partial charge in [-0.05, 0) is 23.5 Å². The van der Waals surface area contributed by atoms with E-state index in [4.69, 9.17) is 9.51 Å². The second-order valence-electron chi connectivity index (χ2n) is 10.6. The predicted molar refractivity (Wildman–Crippen MR) is 139 cm³/mol. The van der Waals surface area contributed by atoms with Gasteiger partial charge >= 0.3 is 5.97 Å². The van der Waals surface area contributed by atoms with Crippen molar-refractivity contribution in [2.45, 2.75) is 75.7 Å². The third-order valence-electron chi connectivity index (χ3n) is 7.99. The lowest BCUT2D eigenvalue weighted by Crippen LogP contribution is -2.47. The topological polar surface area (TPSA) is 79.5 Å². The lowest BCUT2D eigenvalue weighted by Gasteiger charge is -2.43. The minimum atomic E-state index is -0.805. The van der Waals surface area contributed by atoms with Crippen LogP contribution in [0.3, 0.4) is 0 Å². The molecule has 2 aromatic carbocycles. The van der Waals surface area contributed by atoms with E-state index in [-0.39, 0.29) is 24.3 Å². The molecule has 36 heavy (non-hydrogen) atoms. The molecule has 1 aromatic heterocycles. The summed E-state index contributed by atoms with van der Waals surface area (Å²) in [5, 5.41) is 13.8. The molecule has 0 amide bonds. The van der Waals surface area contributed by atoms with Gasteiger partial charge in [0.1, 0.15) is 0 Å². The molecule has 3 aromatic rings. The monoisotopic (exact) mass is 487 g/mol. The molecule has 1 saturated heterocycles. The summed E-state index contributed by atoms with van der Waals surface area (Å²) in [6.07, 6.45) is 9.72. The summed E-state index contributed by atoms with van der Waals surface area (Å²) < 4.78 is 5.65. The van der Waals surface area contributed by atoms with Crippen LogP contribution in [0.1, 0.15) is 98.5 Å². The summed E-state index contributed by atoms with van der Waals surface area (Å²) >= 11 is 0. The Hall–Kier alpha value is -2.99. The number of hydrogen-bond acceptors (Lipinski definition) is 5. The Morgan fingerprint density at radius 1 is 0.972 bits per heavy atom. The highest BCUT2D eigenvalue weighted by Crippen LogP contribution is 2.38. The van der Waals surface area contributed by atoms with Gasteiger partial charge in [-0.2, -0.15) is 4.98 Å². The minimum Gasteiger partial charge on any atom is -0.481 e. The van der Waals surface area contributed by atoms with E-state index in [2.05, 4.69) is 58.6 Å². The number of likely N-dealkylation sites (tertiary alicyclic amines) is 1. The van der Waals surface area contributed by atoms with Crippen LogP contribution in [0.4, 0.5) is 0 Å². The zero-order chi connectivity index (χ0) is 24.7. The first kappa shape index (κ1) is 24.7. The maximum absolute atomic E-state index is 11.5. The second kappa shape index (κ2) is 11.8. The van der Waals surface area contributed by atoms with Crippen molar-refractivity contribution >= 4 is 5.97 Å². The zero-order valence-electron chi connectivity index (χ0n) is 21.0. The minimum absolute atomic E-state index is 0.0488. The van der Waals surface area contributed by atoms with Gasteiger partial charge in [-0.3, -0.25) is 9.69 Å². The van der Waals surface area contributed by atoms with Gasteiger partial charge in [0.2, 0.25) is 5.89 Å². The standard InChI is InChI=1S/C30H37N3O3/c34-27(35)19-25(18-10-13-22-11-4-1-5-12-22)30-31-29(32-36-30)26-20-33(21-26)28(23-14-6-2-7-15-23)24-16-8-3-9-17-24/h2-3,6-9,14-17,22,25-26,28H,1,4-5,10-13,18-21H2,(H,34,35)/t25-/m1/s1. The lowest BCUT2D eigenvalue weighted by molar-refractivity contribution is -0.137. The molecule has 2 fully saturated rings. The number of rotatable bonds is 11. The number of carbonyl (C=O) groups is 1. The first-order valence-electron chi connectivity index (χ1n) is 13.6. The Kier molecular flexibility index (Phi) is 8.11. The number of aliphatic carboxylic acids is 1. The first-order valence-corrected chi connectivity index (χ1v) is 13.6. The molecule has 2 heterocycles. The van der Waals surface area contributed by atoms with E-state index >= 15 is 0 Å². The molecule has 0 bridgehead atoms. The van der Waals surface area contributed by atoms with Crippen LogP contribution in [-0.4, -0.2) is 39.2 Å². The van der Waals surface area contributed by atoms with Gasteiger partial charge in [-0.1, -0.05) is 111 Å². The van der Waals surface area contributed by atoms with E-state index < -0.39 is 5.97 Å². The van der Waals surface area contributed by atoms with E-state index in [9.17, 15) is 9.90 Å². The van der Waals surface area contributed by atoms with Crippen molar-refractivity contribution in [1.82, 2.24) is 15.0 Å². The van der Waals surface area contributed by atoms with Gasteiger partial charge in [0.25, 0.3) is 0 Å². The van der Waals surface area contributed by atoms with Gasteiger partial charge in [0, 0.05) is 24.9 Å². The van der Waals surface area contributed by atoms with Crippen LogP contribution in [0, 0.1) is 5.92 Å². The molecular weight excluding hydrogens is 450 g/mol. The SMILES string of the molecule is O=C(O)C[C@@H](CCCC1CCCCC1)c1nc(C2CN(C(c3ccccc3)c3ccccc3)C2)no1. The van der Waals surface area contributed by atoms with Crippen molar-refractivity contribution in [3.8, 4) is 0 Å². The number of benzene rings is 2. The Labute approximate surface area is 213 Å². The third-order valence-corrected chi connectivity index (χ3v) is 7.99. The van der Waals surface area contributed by atoms with Crippen LogP contribution >= 0.6 is 0 Å². The zero-order valence-corrected chi connectivity index (χ0v) is 21.0. The summed E-state index contributed by atoms with van der Waals surface area (Å²) in [7, 11) is 0. The van der Waals surface area contributed by atoms with Crippen LogP contribution in [0.2, 0.25) is 0 Å². The van der Waals surface area contributed by atoms with Gasteiger partial charge in [-0.25, -0.2) is 0 Å². The van der Waals surface area contributed by atoms with Gasteiger partial charge in [0.05, 0.1) is 12.5 Å². The highest BCUT2D eigenvalue weighted by molar-refractivity contribution is 5.67. The summed E-state index contributed by atoms with van der Waals surface area (Å²) in [6.45, 7) is 1.69.